The maximum Gasteiger partial charge on any atom is 0.218 e. The molecule has 0 unspecified atom stereocenters. The molecule has 0 saturated carbocycles. The molecule has 3 N–H and O–H groups in total. The summed E-state index contributed by atoms with van der Waals surface area (Å²) in [5.74, 6) is -0.265. The fourth-order valence-electron chi connectivity index (χ4n) is 0.828. The van der Waals surface area contributed by atoms with Crippen LogP contribution in [0.1, 0.15) is 26.7 Å². The molecule has 0 fully saturated rings. The number of amides is 1. The summed E-state index contributed by atoms with van der Waals surface area (Å²) in [4.78, 5) is 10.4. The topological polar surface area (TPSA) is 64.3 Å². The Kier molecular flexibility index (Phi) is 5.66. The van der Waals surface area contributed by atoms with Crippen molar-refractivity contribution in [2.75, 3.05) is 20.2 Å². The fourth-order valence-corrected chi connectivity index (χ4v) is 0.828. The Morgan fingerprint density at radius 3 is 2.54 bits per heavy atom. The first-order chi connectivity index (χ1) is 5.98. The van der Waals surface area contributed by atoms with Crippen LogP contribution in [0.15, 0.2) is 0 Å². The summed E-state index contributed by atoms with van der Waals surface area (Å²) in [6.07, 6.45) is 1.32. The van der Waals surface area contributed by atoms with Crippen molar-refractivity contribution < 1.29 is 9.53 Å². The number of rotatable bonds is 7. The SMILES string of the molecule is COC(C)(C)CCNCCC(N)=O. The van der Waals surface area contributed by atoms with Crippen molar-refractivity contribution in [3.05, 3.63) is 0 Å². The van der Waals surface area contributed by atoms with Crippen LogP contribution in [0.5, 0.6) is 0 Å². The lowest BCUT2D eigenvalue weighted by Gasteiger charge is -2.22. The Morgan fingerprint density at radius 2 is 2.08 bits per heavy atom. The quantitative estimate of drug-likeness (QED) is 0.563. The highest BCUT2D eigenvalue weighted by atomic mass is 16.5. The number of carbonyl (C=O) groups excluding carboxylic acids is 1. The van der Waals surface area contributed by atoms with Crippen molar-refractivity contribution in [3.63, 3.8) is 0 Å². The molecule has 0 saturated heterocycles. The van der Waals surface area contributed by atoms with Gasteiger partial charge < -0.3 is 15.8 Å². The number of nitrogens with one attached hydrogen (secondary N) is 1. The van der Waals surface area contributed by atoms with E-state index >= 15 is 0 Å². The van der Waals surface area contributed by atoms with Gasteiger partial charge in [-0.3, -0.25) is 4.79 Å². The number of hydrogen-bond donors (Lipinski definition) is 2. The molecule has 0 aromatic rings. The average Bonchev–Trinajstić information content (AvgIpc) is 2.03. The second kappa shape index (κ2) is 5.94. The van der Waals surface area contributed by atoms with E-state index in [2.05, 4.69) is 5.32 Å². The molecule has 0 heterocycles. The molecule has 0 aliphatic carbocycles. The van der Waals surface area contributed by atoms with Crippen molar-refractivity contribution in [3.8, 4) is 0 Å². The van der Waals surface area contributed by atoms with E-state index < -0.39 is 0 Å². The predicted octanol–water partition coefficient (Wildman–Crippen LogP) is 0.267. The van der Waals surface area contributed by atoms with Crippen LogP contribution in [0.2, 0.25) is 0 Å². The maximum atomic E-state index is 10.4. The number of methoxy groups -OCH3 is 1. The molecule has 4 heteroatoms. The van der Waals surface area contributed by atoms with Crippen molar-refractivity contribution in [2.45, 2.75) is 32.3 Å². The third-order valence-electron chi connectivity index (χ3n) is 2.00. The molecule has 0 atom stereocenters. The molecular formula is C9H20N2O2. The molecule has 0 aromatic heterocycles. The summed E-state index contributed by atoms with van der Waals surface area (Å²) >= 11 is 0. The summed E-state index contributed by atoms with van der Waals surface area (Å²) in [5, 5.41) is 3.13. The monoisotopic (exact) mass is 188 g/mol. The van der Waals surface area contributed by atoms with Gasteiger partial charge in [-0.15, -0.1) is 0 Å². The van der Waals surface area contributed by atoms with Gasteiger partial charge in [0.25, 0.3) is 0 Å². The van der Waals surface area contributed by atoms with E-state index in [0.29, 0.717) is 13.0 Å². The van der Waals surface area contributed by atoms with E-state index in [1.165, 1.54) is 0 Å². The Morgan fingerprint density at radius 1 is 1.46 bits per heavy atom. The van der Waals surface area contributed by atoms with Gasteiger partial charge in [0, 0.05) is 20.1 Å². The van der Waals surface area contributed by atoms with Gasteiger partial charge in [-0.25, -0.2) is 0 Å². The lowest BCUT2D eigenvalue weighted by Crippen LogP contribution is -2.30. The molecule has 0 bridgehead atoms. The van der Waals surface area contributed by atoms with Crippen LogP contribution in [0, 0.1) is 0 Å². The zero-order valence-corrected chi connectivity index (χ0v) is 8.72. The summed E-state index contributed by atoms with van der Waals surface area (Å²) in [6, 6.07) is 0. The molecule has 0 aliphatic rings. The predicted molar refractivity (Wildman–Crippen MR) is 52.4 cm³/mol. The van der Waals surface area contributed by atoms with E-state index in [-0.39, 0.29) is 11.5 Å². The minimum absolute atomic E-state index is 0.0975. The second-order valence-electron chi connectivity index (χ2n) is 3.68. The molecule has 0 spiro atoms. The zero-order valence-electron chi connectivity index (χ0n) is 8.72. The van der Waals surface area contributed by atoms with Crippen molar-refractivity contribution in [1.82, 2.24) is 5.32 Å². The molecule has 13 heavy (non-hydrogen) atoms. The van der Waals surface area contributed by atoms with Crippen LogP contribution in [-0.4, -0.2) is 31.7 Å². The highest BCUT2D eigenvalue weighted by molar-refractivity contribution is 5.73. The van der Waals surface area contributed by atoms with Gasteiger partial charge in [-0.1, -0.05) is 0 Å². The van der Waals surface area contributed by atoms with Gasteiger partial charge in [-0.05, 0) is 26.8 Å². The van der Waals surface area contributed by atoms with Crippen LogP contribution in [0.4, 0.5) is 0 Å². The Hall–Kier alpha value is -0.610. The first-order valence-electron chi connectivity index (χ1n) is 4.52. The molecule has 0 aromatic carbocycles. The maximum absolute atomic E-state index is 10.4. The van der Waals surface area contributed by atoms with Gasteiger partial charge in [0.05, 0.1) is 5.60 Å². The minimum Gasteiger partial charge on any atom is -0.379 e. The van der Waals surface area contributed by atoms with Crippen LogP contribution in [-0.2, 0) is 9.53 Å². The third kappa shape index (κ3) is 7.74. The van der Waals surface area contributed by atoms with Gasteiger partial charge in [0.15, 0.2) is 0 Å². The molecule has 0 aliphatic heterocycles. The first kappa shape index (κ1) is 12.4. The molecular weight excluding hydrogens is 168 g/mol. The molecule has 78 valence electrons. The minimum atomic E-state index is -0.265. The van der Waals surface area contributed by atoms with E-state index in [1.54, 1.807) is 7.11 Å². The summed E-state index contributed by atoms with van der Waals surface area (Å²) in [5.41, 5.74) is 4.89. The first-order valence-corrected chi connectivity index (χ1v) is 4.52. The lowest BCUT2D eigenvalue weighted by atomic mass is 10.1. The summed E-state index contributed by atoms with van der Waals surface area (Å²) in [7, 11) is 1.70. The zero-order chi connectivity index (χ0) is 10.3. The van der Waals surface area contributed by atoms with E-state index in [9.17, 15) is 4.79 Å². The van der Waals surface area contributed by atoms with Crippen molar-refractivity contribution >= 4 is 5.91 Å². The van der Waals surface area contributed by atoms with E-state index in [1.807, 2.05) is 13.8 Å². The highest BCUT2D eigenvalue weighted by Crippen LogP contribution is 2.10. The Bertz CT molecular complexity index is 158. The van der Waals surface area contributed by atoms with Crippen LogP contribution >= 0.6 is 0 Å². The number of ether oxygens (including phenoxy) is 1. The van der Waals surface area contributed by atoms with Crippen molar-refractivity contribution in [2.24, 2.45) is 5.73 Å². The van der Waals surface area contributed by atoms with Gasteiger partial charge >= 0.3 is 0 Å². The highest BCUT2D eigenvalue weighted by Gasteiger charge is 2.14. The fraction of sp³-hybridized carbons (Fsp3) is 0.889. The van der Waals surface area contributed by atoms with Gasteiger partial charge in [0.2, 0.25) is 5.91 Å². The smallest absolute Gasteiger partial charge is 0.218 e. The molecule has 4 nitrogen and oxygen atoms in total. The second-order valence-corrected chi connectivity index (χ2v) is 3.68. The summed E-state index contributed by atoms with van der Waals surface area (Å²) in [6.45, 7) is 5.55. The largest absolute Gasteiger partial charge is 0.379 e. The van der Waals surface area contributed by atoms with E-state index in [4.69, 9.17) is 10.5 Å². The molecule has 1 amide bonds. The number of nitrogens with two attached hydrogens (primary N) is 1. The van der Waals surface area contributed by atoms with Crippen LogP contribution in [0.3, 0.4) is 0 Å². The van der Waals surface area contributed by atoms with Crippen LogP contribution in [0.25, 0.3) is 0 Å². The Balaban J connectivity index is 3.30. The lowest BCUT2D eigenvalue weighted by molar-refractivity contribution is -0.117. The number of primary amides is 1. The van der Waals surface area contributed by atoms with Crippen molar-refractivity contribution in [1.29, 1.82) is 0 Å². The average molecular weight is 188 g/mol. The molecule has 0 rings (SSSR count). The normalized spacial score (nSPS) is 11.6. The third-order valence-corrected chi connectivity index (χ3v) is 2.00. The van der Waals surface area contributed by atoms with Gasteiger partial charge in [0.1, 0.15) is 0 Å². The number of hydrogen-bond acceptors (Lipinski definition) is 3. The summed E-state index contributed by atoms with van der Waals surface area (Å²) < 4.78 is 5.23. The Labute approximate surface area is 79.8 Å². The molecule has 0 radical (unpaired) electrons. The number of carbonyl (C=O) groups is 1. The standard InChI is InChI=1S/C9H20N2O2/c1-9(2,13-3)5-7-11-6-4-8(10)12/h11H,4-7H2,1-3H3,(H2,10,12). The van der Waals surface area contributed by atoms with Gasteiger partial charge in [-0.2, -0.15) is 0 Å². The van der Waals surface area contributed by atoms with E-state index in [0.717, 1.165) is 13.0 Å². The van der Waals surface area contributed by atoms with Crippen LogP contribution < -0.4 is 11.1 Å².